The Hall–Kier alpha value is -1.58. The second-order valence-electron chi connectivity index (χ2n) is 3.92. The van der Waals surface area contributed by atoms with Gasteiger partial charge in [0.2, 0.25) is 0 Å². The smallest absolute Gasteiger partial charge is 0.108 e. The molecule has 0 bridgehead atoms. The number of nitrogens with zero attached hydrogens (tertiary/aromatic N) is 4. The SMILES string of the molecule is CCc1nccn1Cc1cc(C)nn1CC. The lowest BCUT2D eigenvalue weighted by molar-refractivity contribution is 0.589. The summed E-state index contributed by atoms with van der Waals surface area (Å²) in [5.74, 6) is 1.13. The maximum absolute atomic E-state index is 4.45. The zero-order valence-corrected chi connectivity index (χ0v) is 10.1. The van der Waals surface area contributed by atoms with Crippen LogP contribution in [0.1, 0.15) is 31.1 Å². The molecule has 4 heteroatoms. The van der Waals surface area contributed by atoms with Crippen molar-refractivity contribution in [3.05, 3.63) is 35.7 Å². The molecule has 0 fully saturated rings. The monoisotopic (exact) mass is 218 g/mol. The summed E-state index contributed by atoms with van der Waals surface area (Å²) < 4.78 is 4.23. The maximum atomic E-state index is 4.45. The first kappa shape index (κ1) is 10.9. The van der Waals surface area contributed by atoms with Crippen molar-refractivity contribution in [2.24, 2.45) is 0 Å². The molecule has 0 aliphatic heterocycles. The van der Waals surface area contributed by atoms with Gasteiger partial charge >= 0.3 is 0 Å². The van der Waals surface area contributed by atoms with Crippen molar-refractivity contribution in [3.8, 4) is 0 Å². The van der Waals surface area contributed by atoms with Crippen molar-refractivity contribution in [2.45, 2.75) is 40.3 Å². The van der Waals surface area contributed by atoms with E-state index in [9.17, 15) is 0 Å². The lowest BCUT2D eigenvalue weighted by atomic mass is 10.3. The summed E-state index contributed by atoms with van der Waals surface area (Å²) >= 11 is 0. The van der Waals surface area contributed by atoms with E-state index in [1.807, 2.05) is 19.3 Å². The molecule has 2 aromatic rings. The highest BCUT2D eigenvalue weighted by Crippen LogP contribution is 2.08. The summed E-state index contributed by atoms with van der Waals surface area (Å²) in [5, 5.41) is 4.45. The van der Waals surface area contributed by atoms with Crippen LogP contribution < -0.4 is 0 Å². The summed E-state index contributed by atoms with van der Waals surface area (Å²) in [6, 6.07) is 2.14. The largest absolute Gasteiger partial charge is 0.329 e. The minimum atomic E-state index is 0.859. The van der Waals surface area contributed by atoms with Gasteiger partial charge in [-0.05, 0) is 19.9 Å². The molecule has 0 aliphatic carbocycles. The predicted molar refractivity (Wildman–Crippen MR) is 63.3 cm³/mol. The van der Waals surface area contributed by atoms with Gasteiger partial charge in [0.25, 0.3) is 0 Å². The fourth-order valence-electron chi connectivity index (χ4n) is 1.97. The number of aryl methyl sites for hydroxylation is 3. The fourth-order valence-corrected chi connectivity index (χ4v) is 1.97. The predicted octanol–water partition coefficient (Wildman–Crippen LogP) is 2.02. The number of imidazole rings is 1. The van der Waals surface area contributed by atoms with Gasteiger partial charge in [0.15, 0.2) is 0 Å². The van der Waals surface area contributed by atoms with Crippen LogP contribution in [0.15, 0.2) is 18.5 Å². The third-order valence-corrected chi connectivity index (χ3v) is 2.74. The minimum absolute atomic E-state index is 0.859. The van der Waals surface area contributed by atoms with Crippen molar-refractivity contribution in [1.82, 2.24) is 19.3 Å². The molecule has 2 heterocycles. The molecular formula is C12H18N4. The third kappa shape index (κ3) is 2.01. The highest BCUT2D eigenvalue weighted by Gasteiger charge is 2.06. The van der Waals surface area contributed by atoms with Gasteiger partial charge in [-0.2, -0.15) is 5.10 Å². The van der Waals surface area contributed by atoms with Crippen molar-refractivity contribution in [2.75, 3.05) is 0 Å². The van der Waals surface area contributed by atoms with Gasteiger partial charge in [0.05, 0.1) is 17.9 Å². The quantitative estimate of drug-likeness (QED) is 0.787. The van der Waals surface area contributed by atoms with E-state index in [1.165, 1.54) is 5.69 Å². The van der Waals surface area contributed by atoms with Crippen molar-refractivity contribution >= 4 is 0 Å². The Morgan fingerprint density at radius 2 is 2.12 bits per heavy atom. The molecule has 0 N–H and O–H groups in total. The Balaban J connectivity index is 2.26. The van der Waals surface area contributed by atoms with Gasteiger partial charge in [-0.1, -0.05) is 6.92 Å². The van der Waals surface area contributed by atoms with E-state index in [0.717, 1.165) is 31.0 Å². The fraction of sp³-hybridized carbons (Fsp3) is 0.500. The van der Waals surface area contributed by atoms with Crippen LogP contribution in [-0.2, 0) is 19.5 Å². The van der Waals surface area contributed by atoms with E-state index in [1.54, 1.807) is 0 Å². The molecule has 4 nitrogen and oxygen atoms in total. The van der Waals surface area contributed by atoms with E-state index < -0.39 is 0 Å². The molecule has 0 unspecified atom stereocenters. The van der Waals surface area contributed by atoms with E-state index >= 15 is 0 Å². The first-order valence-electron chi connectivity index (χ1n) is 5.78. The lowest BCUT2D eigenvalue weighted by Crippen LogP contribution is -2.09. The van der Waals surface area contributed by atoms with Crippen LogP contribution in [0.2, 0.25) is 0 Å². The molecule has 2 aromatic heterocycles. The lowest BCUT2D eigenvalue weighted by Gasteiger charge is -2.07. The number of hydrogen-bond acceptors (Lipinski definition) is 2. The molecule has 0 atom stereocenters. The van der Waals surface area contributed by atoms with Gasteiger partial charge in [-0.3, -0.25) is 4.68 Å². The number of rotatable bonds is 4. The van der Waals surface area contributed by atoms with Crippen LogP contribution in [0, 0.1) is 6.92 Å². The second kappa shape index (κ2) is 4.51. The number of aromatic nitrogens is 4. The Kier molecular flexibility index (Phi) is 3.08. The second-order valence-corrected chi connectivity index (χ2v) is 3.92. The zero-order chi connectivity index (χ0) is 11.5. The van der Waals surface area contributed by atoms with E-state index in [2.05, 4.69) is 39.2 Å². The molecule has 0 saturated heterocycles. The highest BCUT2D eigenvalue weighted by atomic mass is 15.3. The summed E-state index contributed by atoms with van der Waals surface area (Å²) in [7, 11) is 0. The summed E-state index contributed by atoms with van der Waals surface area (Å²) in [5.41, 5.74) is 2.32. The molecule has 86 valence electrons. The Labute approximate surface area is 95.9 Å². The minimum Gasteiger partial charge on any atom is -0.329 e. The molecule has 0 aliphatic rings. The van der Waals surface area contributed by atoms with E-state index in [4.69, 9.17) is 0 Å². The van der Waals surface area contributed by atoms with Crippen LogP contribution in [0.3, 0.4) is 0 Å². The van der Waals surface area contributed by atoms with E-state index in [-0.39, 0.29) is 0 Å². The highest BCUT2D eigenvalue weighted by molar-refractivity contribution is 5.10. The summed E-state index contributed by atoms with van der Waals surface area (Å²) in [6.45, 7) is 8.05. The van der Waals surface area contributed by atoms with Gasteiger partial charge in [-0.25, -0.2) is 4.98 Å². The zero-order valence-electron chi connectivity index (χ0n) is 10.1. The average molecular weight is 218 g/mol. The van der Waals surface area contributed by atoms with Crippen molar-refractivity contribution < 1.29 is 0 Å². The van der Waals surface area contributed by atoms with Gasteiger partial charge in [-0.15, -0.1) is 0 Å². The Bertz CT molecular complexity index is 467. The van der Waals surface area contributed by atoms with Gasteiger partial charge in [0, 0.05) is 25.4 Å². The summed E-state index contributed by atoms with van der Waals surface area (Å²) in [6.07, 6.45) is 4.85. The third-order valence-electron chi connectivity index (χ3n) is 2.74. The molecular weight excluding hydrogens is 200 g/mol. The molecule has 0 aromatic carbocycles. The van der Waals surface area contributed by atoms with E-state index in [0.29, 0.717) is 0 Å². The van der Waals surface area contributed by atoms with Crippen LogP contribution in [0.25, 0.3) is 0 Å². The van der Waals surface area contributed by atoms with Crippen LogP contribution >= 0.6 is 0 Å². The van der Waals surface area contributed by atoms with Crippen LogP contribution in [0.4, 0.5) is 0 Å². The standard InChI is InChI=1S/C12H18N4/c1-4-12-13-6-7-15(12)9-11-8-10(3)14-16(11)5-2/h6-8H,4-5,9H2,1-3H3. The summed E-state index contributed by atoms with van der Waals surface area (Å²) in [4.78, 5) is 4.33. The molecule has 0 amide bonds. The molecule has 0 saturated carbocycles. The normalized spacial score (nSPS) is 10.9. The average Bonchev–Trinajstić information content (AvgIpc) is 2.85. The maximum Gasteiger partial charge on any atom is 0.108 e. The van der Waals surface area contributed by atoms with Gasteiger partial charge in [0.1, 0.15) is 5.82 Å². The topological polar surface area (TPSA) is 35.6 Å². The van der Waals surface area contributed by atoms with Crippen molar-refractivity contribution in [1.29, 1.82) is 0 Å². The Morgan fingerprint density at radius 3 is 2.81 bits per heavy atom. The first-order chi connectivity index (χ1) is 7.74. The van der Waals surface area contributed by atoms with Gasteiger partial charge < -0.3 is 4.57 Å². The molecule has 2 rings (SSSR count). The first-order valence-corrected chi connectivity index (χ1v) is 5.78. The molecule has 0 spiro atoms. The molecule has 0 radical (unpaired) electrons. The van der Waals surface area contributed by atoms with Crippen LogP contribution in [-0.4, -0.2) is 19.3 Å². The molecule has 16 heavy (non-hydrogen) atoms. The van der Waals surface area contributed by atoms with Crippen molar-refractivity contribution in [3.63, 3.8) is 0 Å². The number of hydrogen-bond donors (Lipinski definition) is 0. The Morgan fingerprint density at radius 1 is 1.31 bits per heavy atom. The van der Waals surface area contributed by atoms with Crippen LogP contribution in [0.5, 0.6) is 0 Å².